The number of amides is 1. The zero-order chi connectivity index (χ0) is 25.3. The van der Waals surface area contributed by atoms with E-state index in [9.17, 15) is 4.79 Å². The minimum atomic E-state index is 0.289. The fraction of sp³-hybridized carbons (Fsp3) is 0.344. The van der Waals surface area contributed by atoms with Gasteiger partial charge in [0.05, 0.1) is 0 Å². The standard InChI is InChI=1S/C32H36N2O3/c35-31(19-8-7-17-29(26-11-3-1-4-12-26)27-13-5-2-6-14-27)34-23-21-33(22-24-34)20-10-16-28-15-9-18-30-32(28)37-25-36-30/h1-6,9-16,18,29H,7-8,17,19-25H2/b16-10+. The molecule has 3 aromatic rings. The van der Waals surface area contributed by atoms with Gasteiger partial charge in [0.15, 0.2) is 11.5 Å². The molecule has 1 fully saturated rings. The Morgan fingerprint density at radius 1 is 0.811 bits per heavy atom. The lowest BCUT2D eigenvalue weighted by Gasteiger charge is -2.34. The number of para-hydroxylation sites is 1. The van der Waals surface area contributed by atoms with Crippen LogP contribution in [0.2, 0.25) is 0 Å². The molecular weight excluding hydrogens is 460 g/mol. The largest absolute Gasteiger partial charge is 0.454 e. The topological polar surface area (TPSA) is 42.0 Å². The number of piperazine rings is 1. The molecule has 1 amide bonds. The summed E-state index contributed by atoms with van der Waals surface area (Å²) in [5, 5.41) is 0. The number of carbonyl (C=O) groups excluding carboxylic acids is 1. The zero-order valence-electron chi connectivity index (χ0n) is 21.4. The first kappa shape index (κ1) is 25.1. The van der Waals surface area contributed by atoms with Crippen LogP contribution >= 0.6 is 0 Å². The summed E-state index contributed by atoms with van der Waals surface area (Å²) in [5.74, 6) is 2.31. The molecule has 2 aliphatic rings. The number of benzene rings is 3. The van der Waals surface area contributed by atoms with Gasteiger partial charge in [-0.25, -0.2) is 0 Å². The number of rotatable bonds is 10. The third-order valence-corrected chi connectivity index (χ3v) is 7.35. The van der Waals surface area contributed by atoms with Crippen LogP contribution in [0, 0.1) is 0 Å². The molecule has 0 aromatic heterocycles. The minimum absolute atomic E-state index is 0.289. The van der Waals surface area contributed by atoms with Crippen LogP contribution in [0.1, 0.15) is 48.3 Å². The summed E-state index contributed by atoms with van der Waals surface area (Å²) in [5.41, 5.74) is 3.75. The van der Waals surface area contributed by atoms with Crippen molar-refractivity contribution in [1.29, 1.82) is 0 Å². The van der Waals surface area contributed by atoms with Gasteiger partial charge in [0.2, 0.25) is 12.7 Å². The van der Waals surface area contributed by atoms with Crippen molar-refractivity contribution < 1.29 is 14.3 Å². The highest BCUT2D eigenvalue weighted by Gasteiger charge is 2.21. The van der Waals surface area contributed by atoms with E-state index in [1.807, 2.05) is 23.1 Å². The van der Waals surface area contributed by atoms with Gasteiger partial charge in [-0.3, -0.25) is 9.69 Å². The summed E-state index contributed by atoms with van der Waals surface area (Å²) >= 11 is 0. The van der Waals surface area contributed by atoms with Crippen molar-refractivity contribution >= 4 is 12.0 Å². The van der Waals surface area contributed by atoms with E-state index in [0.717, 1.165) is 69.0 Å². The lowest BCUT2D eigenvalue weighted by Crippen LogP contribution is -2.48. The maximum absolute atomic E-state index is 12.9. The highest BCUT2D eigenvalue weighted by atomic mass is 16.7. The summed E-state index contributed by atoms with van der Waals surface area (Å²) in [6.07, 6.45) is 7.95. The van der Waals surface area contributed by atoms with Gasteiger partial charge < -0.3 is 14.4 Å². The van der Waals surface area contributed by atoms with Gasteiger partial charge in [-0.15, -0.1) is 0 Å². The highest BCUT2D eigenvalue weighted by Crippen LogP contribution is 2.36. The number of unbranched alkanes of at least 4 members (excludes halogenated alkanes) is 1. The second kappa shape index (κ2) is 12.6. The zero-order valence-corrected chi connectivity index (χ0v) is 21.4. The molecule has 0 N–H and O–H groups in total. The van der Waals surface area contributed by atoms with E-state index in [2.05, 4.69) is 77.7 Å². The molecule has 37 heavy (non-hydrogen) atoms. The van der Waals surface area contributed by atoms with Crippen LogP contribution in [0.5, 0.6) is 11.5 Å². The van der Waals surface area contributed by atoms with Gasteiger partial charge in [-0.05, 0) is 30.0 Å². The monoisotopic (exact) mass is 496 g/mol. The van der Waals surface area contributed by atoms with Crippen LogP contribution in [0.15, 0.2) is 84.9 Å². The average Bonchev–Trinajstić information content (AvgIpc) is 3.44. The summed E-state index contributed by atoms with van der Waals surface area (Å²) in [4.78, 5) is 17.3. The molecular formula is C32H36N2O3. The van der Waals surface area contributed by atoms with E-state index in [1.54, 1.807) is 0 Å². The Balaban J connectivity index is 1.04. The van der Waals surface area contributed by atoms with Gasteiger partial charge in [0.1, 0.15) is 0 Å². The van der Waals surface area contributed by atoms with E-state index in [-0.39, 0.29) is 6.79 Å². The first-order valence-electron chi connectivity index (χ1n) is 13.4. The molecule has 5 rings (SSSR count). The van der Waals surface area contributed by atoms with Crippen LogP contribution in [-0.4, -0.2) is 55.2 Å². The van der Waals surface area contributed by atoms with Gasteiger partial charge >= 0.3 is 0 Å². The molecule has 5 nitrogen and oxygen atoms in total. The molecule has 0 spiro atoms. The molecule has 1 saturated heterocycles. The number of fused-ring (bicyclic) bond motifs is 1. The Hall–Kier alpha value is -3.57. The molecule has 3 aromatic carbocycles. The predicted octanol–water partition coefficient (Wildman–Crippen LogP) is 5.97. The van der Waals surface area contributed by atoms with Gasteiger partial charge in [0.25, 0.3) is 0 Å². The Bertz CT molecular complexity index is 1130. The van der Waals surface area contributed by atoms with Crippen LogP contribution in [0.4, 0.5) is 0 Å². The fourth-order valence-corrected chi connectivity index (χ4v) is 5.27. The smallest absolute Gasteiger partial charge is 0.231 e. The molecule has 0 atom stereocenters. The SMILES string of the molecule is O=C(CCCCC(c1ccccc1)c1ccccc1)N1CCN(C/C=C/c2cccc3c2OCO3)CC1. The molecule has 2 heterocycles. The summed E-state index contributed by atoms with van der Waals surface area (Å²) < 4.78 is 11.0. The number of carbonyl (C=O) groups is 1. The normalized spacial score (nSPS) is 15.5. The molecule has 0 saturated carbocycles. The summed E-state index contributed by atoms with van der Waals surface area (Å²) in [6, 6.07) is 27.4. The molecule has 0 unspecified atom stereocenters. The summed E-state index contributed by atoms with van der Waals surface area (Å²) in [7, 11) is 0. The van der Waals surface area contributed by atoms with Crippen LogP contribution < -0.4 is 9.47 Å². The van der Waals surface area contributed by atoms with Crippen LogP contribution in [0.25, 0.3) is 6.08 Å². The Morgan fingerprint density at radius 3 is 2.22 bits per heavy atom. The van der Waals surface area contributed by atoms with Crippen molar-refractivity contribution in [2.75, 3.05) is 39.5 Å². The van der Waals surface area contributed by atoms with Gasteiger partial charge in [0, 0.05) is 50.6 Å². The van der Waals surface area contributed by atoms with Gasteiger partial charge in [-0.1, -0.05) is 91.4 Å². The Labute approximate surface area is 220 Å². The third kappa shape index (κ3) is 6.60. The highest BCUT2D eigenvalue weighted by molar-refractivity contribution is 5.76. The Kier molecular flexibility index (Phi) is 8.54. The number of ether oxygens (including phenoxy) is 2. The lowest BCUT2D eigenvalue weighted by atomic mass is 9.87. The second-order valence-electron chi connectivity index (χ2n) is 9.78. The van der Waals surface area contributed by atoms with Crippen molar-refractivity contribution in [2.45, 2.75) is 31.6 Å². The Morgan fingerprint density at radius 2 is 1.51 bits per heavy atom. The van der Waals surface area contributed by atoms with E-state index in [0.29, 0.717) is 18.2 Å². The first-order chi connectivity index (χ1) is 18.3. The lowest BCUT2D eigenvalue weighted by molar-refractivity contribution is -0.133. The molecule has 192 valence electrons. The van der Waals surface area contributed by atoms with Gasteiger partial charge in [-0.2, -0.15) is 0 Å². The average molecular weight is 497 g/mol. The number of nitrogens with zero attached hydrogens (tertiary/aromatic N) is 2. The molecule has 2 aliphatic heterocycles. The minimum Gasteiger partial charge on any atom is -0.454 e. The first-order valence-corrected chi connectivity index (χ1v) is 13.4. The van der Waals surface area contributed by atoms with E-state index in [1.165, 1.54) is 11.1 Å². The van der Waals surface area contributed by atoms with E-state index >= 15 is 0 Å². The number of hydrogen-bond donors (Lipinski definition) is 0. The van der Waals surface area contributed by atoms with Crippen LogP contribution in [-0.2, 0) is 4.79 Å². The predicted molar refractivity (Wildman–Crippen MR) is 148 cm³/mol. The quantitative estimate of drug-likeness (QED) is 0.325. The van der Waals surface area contributed by atoms with E-state index in [4.69, 9.17) is 9.47 Å². The van der Waals surface area contributed by atoms with E-state index < -0.39 is 0 Å². The molecule has 0 aliphatic carbocycles. The van der Waals surface area contributed by atoms with Crippen molar-refractivity contribution in [3.8, 4) is 11.5 Å². The maximum atomic E-state index is 12.9. The van der Waals surface area contributed by atoms with Crippen molar-refractivity contribution in [2.24, 2.45) is 0 Å². The molecule has 5 heteroatoms. The fourth-order valence-electron chi connectivity index (χ4n) is 5.27. The third-order valence-electron chi connectivity index (χ3n) is 7.35. The number of hydrogen-bond acceptors (Lipinski definition) is 4. The second-order valence-corrected chi connectivity index (χ2v) is 9.78. The van der Waals surface area contributed by atoms with Crippen LogP contribution in [0.3, 0.4) is 0 Å². The molecule has 0 radical (unpaired) electrons. The summed E-state index contributed by atoms with van der Waals surface area (Å²) in [6.45, 7) is 4.59. The van der Waals surface area contributed by atoms with Crippen molar-refractivity contribution in [3.63, 3.8) is 0 Å². The maximum Gasteiger partial charge on any atom is 0.231 e. The van der Waals surface area contributed by atoms with Crippen molar-refractivity contribution in [3.05, 3.63) is 102 Å². The molecule has 0 bridgehead atoms. The van der Waals surface area contributed by atoms with Crippen molar-refractivity contribution in [1.82, 2.24) is 9.80 Å².